The van der Waals surface area contributed by atoms with E-state index in [4.69, 9.17) is 26.5 Å². The van der Waals surface area contributed by atoms with Crippen molar-refractivity contribution in [3.8, 4) is 17.2 Å². The summed E-state index contributed by atoms with van der Waals surface area (Å²) in [5, 5.41) is 0. The van der Waals surface area contributed by atoms with Gasteiger partial charge in [-0.15, -0.1) is 0 Å². The summed E-state index contributed by atoms with van der Waals surface area (Å²) in [5.74, 6) is 3.40. The SMILES string of the molecule is CC(C)c1cc(C(C)(C)C)c(OP2OP(Oc3c(C(C)(C)C)cc(C(C)C)cc3C(C)(C)C)OP(Oc3c(C(C)(C)C)cc(C(C)C)cc3C(C)(C)C)O2)c(C(C)(C)C)c1. The van der Waals surface area contributed by atoms with Crippen molar-refractivity contribution in [3.05, 3.63) is 86.5 Å². The Morgan fingerprint density at radius 2 is 0.467 bits per heavy atom. The molecule has 0 unspecified atom stereocenters. The Morgan fingerprint density at radius 3 is 0.583 bits per heavy atom. The van der Waals surface area contributed by atoms with E-state index in [-0.39, 0.29) is 32.5 Å². The topological polar surface area (TPSA) is 55.4 Å². The fraction of sp³-hybridized carbons (Fsp3) is 0.647. The van der Waals surface area contributed by atoms with Crippen LogP contribution >= 0.6 is 25.8 Å². The molecule has 0 saturated carbocycles. The van der Waals surface area contributed by atoms with Crippen LogP contribution in [0.5, 0.6) is 17.2 Å². The van der Waals surface area contributed by atoms with Gasteiger partial charge in [-0.1, -0.05) is 203 Å². The van der Waals surface area contributed by atoms with Crippen molar-refractivity contribution < 1.29 is 26.5 Å². The Bertz CT molecular complexity index is 1640. The molecule has 336 valence electrons. The molecule has 1 aliphatic heterocycles. The number of rotatable bonds is 9. The molecule has 0 aromatic heterocycles. The second kappa shape index (κ2) is 18.0. The average Bonchev–Trinajstić information content (AvgIpc) is 3.05. The molecule has 1 saturated heterocycles. The van der Waals surface area contributed by atoms with Gasteiger partial charge in [0.25, 0.3) is 0 Å². The monoisotopic (exact) mass is 883 g/mol. The zero-order chi connectivity index (χ0) is 45.9. The number of hydrogen-bond donors (Lipinski definition) is 0. The van der Waals surface area contributed by atoms with Crippen LogP contribution in [0.1, 0.15) is 234 Å². The van der Waals surface area contributed by atoms with Gasteiger partial charge in [0.1, 0.15) is 17.2 Å². The maximum atomic E-state index is 7.15. The van der Waals surface area contributed by atoms with Crippen molar-refractivity contribution in [2.45, 2.75) is 216 Å². The highest BCUT2D eigenvalue weighted by Crippen LogP contribution is 2.73. The summed E-state index contributed by atoms with van der Waals surface area (Å²) >= 11 is 0. The predicted octanol–water partition coefficient (Wildman–Crippen LogP) is 18.1. The summed E-state index contributed by atoms with van der Waals surface area (Å²) in [6.07, 6.45) is 0. The Hall–Kier alpha value is -1.77. The van der Waals surface area contributed by atoms with Gasteiger partial charge in [0.2, 0.25) is 0 Å². The predicted molar refractivity (Wildman–Crippen MR) is 260 cm³/mol. The van der Waals surface area contributed by atoms with E-state index < -0.39 is 25.8 Å². The van der Waals surface area contributed by atoms with E-state index in [0.29, 0.717) is 17.8 Å². The Labute approximate surface area is 371 Å². The largest absolute Gasteiger partial charge is 0.426 e. The molecule has 60 heavy (non-hydrogen) atoms. The van der Waals surface area contributed by atoms with Gasteiger partial charge in [-0.3, -0.25) is 0 Å². The normalized spacial score (nSPS) is 18.8. The lowest BCUT2D eigenvalue weighted by atomic mass is 9.77. The van der Waals surface area contributed by atoms with E-state index in [0.717, 1.165) is 50.6 Å². The Balaban J connectivity index is 2.00. The fourth-order valence-corrected chi connectivity index (χ4v) is 11.4. The third-order valence-electron chi connectivity index (χ3n) is 11.1. The molecule has 3 aromatic rings. The van der Waals surface area contributed by atoms with Crippen molar-refractivity contribution in [2.24, 2.45) is 0 Å². The summed E-state index contributed by atoms with van der Waals surface area (Å²) in [7, 11) is -6.22. The van der Waals surface area contributed by atoms with Gasteiger partial charge in [-0.05, 0) is 66.9 Å². The van der Waals surface area contributed by atoms with E-state index in [1.807, 2.05) is 0 Å². The van der Waals surface area contributed by atoms with Crippen molar-refractivity contribution >= 4 is 25.8 Å². The number of benzene rings is 3. The first-order valence-electron chi connectivity index (χ1n) is 22.0. The molecule has 0 atom stereocenters. The second-order valence-corrected chi connectivity index (χ2v) is 27.8. The molecule has 0 spiro atoms. The summed E-state index contributed by atoms with van der Waals surface area (Å²) in [6.45, 7) is 53.8. The Kier molecular flexibility index (Phi) is 15.3. The van der Waals surface area contributed by atoms with Crippen molar-refractivity contribution in [1.82, 2.24) is 0 Å². The van der Waals surface area contributed by atoms with Crippen LogP contribution in [0.2, 0.25) is 0 Å². The first-order chi connectivity index (χ1) is 27.0. The third kappa shape index (κ3) is 12.3. The van der Waals surface area contributed by atoms with E-state index in [1.54, 1.807) is 0 Å². The molecule has 9 heteroatoms. The molecule has 1 aliphatic rings. The summed E-state index contributed by atoms with van der Waals surface area (Å²) in [6, 6.07) is 13.8. The van der Waals surface area contributed by atoms with Crippen molar-refractivity contribution in [2.75, 3.05) is 0 Å². The standard InChI is InChI=1S/C51H81O6P3/c1-31(2)34-25-37(46(7,8)9)43(38(26-34)47(10,11)12)52-58-55-59(53-44-39(48(13,14)15)27-35(32(3)4)28-40(44)49(16,17)18)57-60(56-58)54-45-41(50(19,20)21)29-36(33(5)6)30-42(45)51(22,23)24/h25-33H,1-24H3. The molecule has 0 aliphatic carbocycles. The highest BCUT2D eigenvalue weighted by atomic mass is 31.3. The lowest BCUT2D eigenvalue weighted by Crippen LogP contribution is -2.22. The van der Waals surface area contributed by atoms with Crippen LogP contribution in [0, 0.1) is 0 Å². The summed E-state index contributed by atoms with van der Waals surface area (Å²) in [5.41, 5.74) is 9.12. The maximum Gasteiger partial charge on any atom is 0.413 e. The van der Waals surface area contributed by atoms with Crippen LogP contribution in [0.3, 0.4) is 0 Å². The van der Waals surface area contributed by atoms with Gasteiger partial charge in [0.05, 0.1) is 0 Å². The lowest BCUT2D eigenvalue weighted by Gasteiger charge is -2.37. The van der Waals surface area contributed by atoms with Crippen LogP contribution in [0.25, 0.3) is 0 Å². The second-order valence-electron chi connectivity index (χ2n) is 24.0. The highest BCUT2D eigenvalue weighted by Gasteiger charge is 2.45. The lowest BCUT2D eigenvalue weighted by molar-refractivity contribution is 0.271. The quantitative estimate of drug-likeness (QED) is 0.200. The molecule has 0 bridgehead atoms. The maximum absolute atomic E-state index is 7.15. The van der Waals surface area contributed by atoms with Crippen LogP contribution in [-0.2, 0) is 45.4 Å². The van der Waals surface area contributed by atoms with Crippen LogP contribution in [-0.4, -0.2) is 0 Å². The van der Waals surface area contributed by atoms with Gasteiger partial charge >= 0.3 is 25.8 Å². The van der Waals surface area contributed by atoms with E-state index in [2.05, 4.69) is 203 Å². The van der Waals surface area contributed by atoms with Crippen LogP contribution in [0.4, 0.5) is 0 Å². The van der Waals surface area contributed by atoms with Crippen molar-refractivity contribution in [1.29, 1.82) is 0 Å². The zero-order valence-corrected chi connectivity index (χ0v) is 44.7. The number of hydrogen-bond acceptors (Lipinski definition) is 6. The smallest absolute Gasteiger partial charge is 0.413 e. The first kappa shape index (κ1) is 50.9. The molecule has 0 radical (unpaired) electrons. The molecular formula is C51H81O6P3. The molecule has 1 heterocycles. The molecule has 6 nitrogen and oxygen atoms in total. The van der Waals surface area contributed by atoms with Gasteiger partial charge in [0.15, 0.2) is 0 Å². The molecule has 4 rings (SSSR count). The van der Waals surface area contributed by atoms with Gasteiger partial charge in [0, 0.05) is 33.4 Å². The van der Waals surface area contributed by atoms with E-state index in [9.17, 15) is 0 Å². The minimum absolute atomic E-state index is 0.229. The molecule has 0 N–H and O–H groups in total. The molecule has 0 amide bonds. The minimum Gasteiger partial charge on any atom is -0.426 e. The van der Waals surface area contributed by atoms with E-state index >= 15 is 0 Å². The van der Waals surface area contributed by atoms with E-state index in [1.165, 1.54) is 16.7 Å². The first-order valence-corrected chi connectivity index (χ1v) is 25.3. The van der Waals surface area contributed by atoms with Gasteiger partial charge in [-0.2, -0.15) is 0 Å². The minimum atomic E-state index is -2.07. The summed E-state index contributed by atoms with van der Waals surface area (Å²) in [4.78, 5) is 0. The summed E-state index contributed by atoms with van der Waals surface area (Å²) < 4.78 is 41.9. The molecule has 3 aromatic carbocycles. The third-order valence-corrected chi connectivity index (χ3v) is 15.3. The zero-order valence-electron chi connectivity index (χ0n) is 42.0. The van der Waals surface area contributed by atoms with Crippen LogP contribution < -0.4 is 13.6 Å². The van der Waals surface area contributed by atoms with Crippen molar-refractivity contribution in [3.63, 3.8) is 0 Å². The molecular weight excluding hydrogens is 801 g/mol. The average molecular weight is 883 g/mol. The van der Waals surface area contributed by atoms with Crippen LogP contribution in [0.15, 0.2) is 36.4 Å². The Morgan fingerprint density at radius 1 is 0.317 bits per heavy atom. The van der Waals surface area contributed by atoms with Gasteiger partial charge in [-0.25, -0.2) is 12.9 Å². The fourth-order valence-electron chi connectivity index (χ4n) is 7.12. The highest BCUT2D eigenvalue weighted by molar-refractivity contribution is 7.69. The molecule has 1 fully saturated rings. The van der Waals surface area contributed by atoms with Gasteiger partial charge < -0.3 is 13.6 Å².